The van der Waals surface area contributed by atoms with Crippen molar-refractivity contribution in [3.63, 3.8) is 0 Å². The average Bonchev–Trinajstić information content (AvgIpc) is 2.14. The Morgan fingerprint density at radius 2 is 1.44 bits per heavy atom. The van der Waals surface area contributed by atoms with E-state index in [0.29, 0.717) is 6.04 Å². The van der Waals surface area contributed by atoms with Crippen molar-refractivity contribution in [1.82, 2.24) is 9.80 Å². The summed E-state index contributed by atoms with van der Waals surface area (Å²) in [6.07, 6.45) is 2.03. The van der Waals surface area contributed by atoms with Gasteiger partial charge in [0, 0.05) is 6.04 Å². The maximum Gasteiger partial charge on any atom is 2.00 e. The van der Waals surface area contributed by atoms with Crippen LogP contribution in [0.1, 0.15) is 33.6 Å². The van der Waals surface area contributed by atoms with Gasteiger partial charge in [0.2, 0.25) is 0 Å². The number of hydrogen-bond donors (Lipinski definition) is 0. The molecule has 0 aliphatic heterocycles. The van der Waals surface area contributed by atoms with Crippen LogP contribution in [0.4, 0.5) is 0 Å². The van der Waals surface area contributed by atoms with Gasteiger partial charge in [0.1, 0.15) is 0 Å². The van der Waals surface area contributed by atoms with Crippen LogP contribution in [0.25, 0.3) is 0 Å². The first-order valence-electron chi connectivity index (χ1n) is 5.96. The van der Waals surface area contributed by atoms with Gasteiger partial charge in [-0.1, -0.05) is 6.92 Å². The molecule has 0 aromatic heterocycles. The number of rotatable bonds is 6. The third-order valence-electron chi connectivity index (χ3n) is 2.19. The summed E-state index contributed by atoms with van der Waals surface area (Å²) in [5.41, 5.74) is 0. The molecule has 0 N–H and O–H groups in total. The molecular weight excluding hydrogens is 250 g/mol. The Labute approximate surface area is 117 Å². The quantitative estimate of drug-likeness (QED) is 0.545. The summed E-state index contributed by atoms with van der Waals surface area (Å²) in [5, 5.41) is 0. The van der Waals surface area contributed by atoms with E-state index in [2.05, 4.69) is 44.4 Å². The summed E-state index contributed by atoms with van der Waals surface area (Å²) in [6, 6.07) is 0.678. The molecule has 0 aromatic carbocycles. The Hall–Kier alpha value is 0.543. The van der Waals surface area contributed by atoms with Crippen LogP contribution in [-0.4, -0.2) is 49.6 Å². The third-order valence-corrected chi connectivity index (χ3v) is 2.19. The van der Waals surface area contributed by atoms with Gasteiger partial charge >= 0.3 is 19.5 Å². The van der Waals surface area contributed by atoms with E-state index in [-0.39, 0.29) is 19.5 Å². The SMILES string of the molecule is [CH2-]CCN(C)C.[CH2-]CCN(CC)C(C)C.[Zn+2]. The van der Waals surface area contributed by atoms with Crippen LogP contribution < -0.4 is 0 Å². The summed E-state index contributed by atoms with van der Waals surface area (Å²) < 4.78 is 0. The fraction of sp³-hybridized carbons (Fsp3) is 0.846. The van der Waals surface area contributed by atoms with Crippen molar-refractivity contribution in [1.29, 1.82) is 0 Å². The van der Waals surface area contributed by atoms with E-state index in [1.807, 2.05) is 14.1 Å². The Balaban J connectivity index is -0.000000214. The average molecular weight is 280 g/mol. The van der Waals surface area contributed by atoms with Gasteiger partial charge < -0.3 is 23.6 Å². The summed E-state index contributed by atoms with van der Waals surface area (Å²) in [5.74, 6) is 0. The van der Waals surface area contributed by atoms with Gasteiger partial charge in [-0.05, 0) is 47.6 Å². The Kier molecular flexibility index (Phi) is 21.2. The zero-order valence-corrected chi connectivity index (χ0v) is 15.1. The van der Waals surface area contributed by atoms with Crippen molar-refractivity contribution >= 4 is 0 Å². The van der Waals surface area contributed by atoms with Crippen LogP contribution in [0, 0.1) is 13.8 Å². The monoisotopic (exact) mass is 278 g/mol. The first-order valence-corrected chi connectivity index (χ1v) is 5.96. The number of hydrogen-bond acceptors (Lipinski definition) is 2. The van der Waals surface area contributed by atoms with Crippen LogP contribution in [0.3, 0.4) is 0 Å². The fourth-order valence-corrected chi connectivity index (χ4v) is 1.30. The van der Waals surface area contributed by atoms with Gasteiger partial charge in [0.05, 0.1) is 0 Å². The molecule has 0 bridgehead atoms. The minimum atomic E-state index is 0. The topological polar surface area (TPSA) is 6.48 Å². The Bertz CT molecular complexity index is 117. The van der Waals surface area contributed by atoms with Gasteiger partial charge in [-0.2, -0.15) is 12.8 Å². The minimum Gasteiger partial charge on any atom is -0.342 e. The van der Waals surface area contributed by atoms with Crippen molar-refractivity contribution < 1.29 is 19.5 Å². The zero-order valence-electron chi connectivity index (χ0n) is 12.1. The first kappa shape index (κ1) is 21.8. The molecule has 0 spiro atoms. The van der Waals surface area contributed by atoms with E-state index in [4.69, 9.17) is 0 Å². The molecule has 16 heavy (non-hydrogen) atoms. The molecule has 0 unspecified atom stereocenters. The van der Waals surface area contributed by atoms with Gasteiger partial charge in [-0.15, -0.1) is 0 Å². The fourth-order valence-electron chi connectivity index (χ4n) is 1.30. The normalized spacial score (nSPS) is 10.1. The van der Waals surface area contributed by atoms with Crippen LogP contribution >= 0.6 is 0 Å². The maximum atomic E-state index is 3.81. The molecule has 0 atom stereocenters. The molecule has 0 saturated carbocycles. The van der Waals surface area contributed by atoms with Gasteiger partial charge in [0.25, 0.3) is 0 Å². The molecular formula is C13H30N2Zn. The van der Waals surface area contributed by atoms with E-state index in [1.165, 1.54) is 0 Å². The summed E-state index contributed by atoms with van der Waals surface area (Å²) in [4.78, 5) is 4.53. The van der Waals surface area contributed by atoms with Crippen LogP contribution in [0.5, 0.6) is 0 Å². The molecule has 3 heteroatoms. The summed E-state index contributed by atoms with van der Waals surface area (Å²) in [7, 11) is 4.09. The molecule has 0 saturated heterocycles. The summed E-state index contributed by atoms with van der Waals surface area (Å²) >= 11 is 0. The van der Waals surface area contributed by atoms with Gasteiger partial charge in [-0.3, -0.25) is 0 Å². The molecule has 0 amide bonds. The van der Waals surface area contributed by atoms with Crippen LogP contribution in [0.15, 0.2) is 0 Å². The molecule has 0 aliphatic carbocycles. The largest absolute Gasteiger partial charge is 2.00 e. The third kappa shape index (κ3) is 17.0. The molecule has 0 aromatic rings. The second-order valence-electron chi connectivity index (χ2n) is 4.23. The molecule has 0 aliphatic rings. The van der Waals surface area contributed by atoms with Crippen molar-refractivity contribution in [2.45, 2.75) is 39.7 Å². The molecule has 2 nitrogen and oxygen atoms in total. The number of nitrogens with zero attached hydrogens (tertiary/aromatic N) is 2. The van der Waals surface area contributed by atoms with Crippen LogP contribution in [-0.2, 0) is 19.5 Å². The van der Waals surface area contributed by atoms with Crippen molar-refractivity contribution in [2.75, 3.05) is 33.7 Å². The maximum absolute atomic E-state index is 3.81. The predicted molar refractivity (Wildman–Crippen MR) is 70.9 cm³/mol. The first-order chi connectivity index (χ1) is 6.99. The van der Waals surface area contributed by atoms with E-state index in [9.17, 15) is 0 Å². The van der Waals surface area contributed by atoms with Crippen molar-refractivity contribution in [2.24, 2.45) is 0 Å². The predicted octanol–water partition coefficient (Wildman–Crippen LogP) is 2.71. The van der Waals surface area contributed by atoms with E-state index < -0.39 is 0 Å². The standard InChI is InChI=1S/C8H18N.C5H12N.Zn/c1-5-7-9(6-2)8(3)4;1-4-5-6(2)3;/h8H,1,5-7H2,2-4H3;1,4-5H2,2-3H3;/q2*-1;+2. The molecule has 0 heterocycles. The second kappa shape index (κ2) is 15.5. The smallest absolute Gasteiger partial charge is 0.342 e. The van der Waals surface area contributed by atoms with Gasteiger partial charge in [0.15, 0.2) is 0 Å². The Morgan fingerprint density at radius 1 is 1.00 bits per heavy atom. The molecule has 0 rings (SSSR count). The van der Waals surface area contributed by atoms with E-state index in [0.717, 1.165) is 32.5 Å². The molecule has 0 radical (unpaired) electrons. The summed E-state index contributed by atoms with van der Waals surface area (Å²) in [6.45, 7) is 17.5. The molecule has 94 valence electrons. The van der Waals surface area contributed by atoms with Gasteiger partial charge in [-0.25, -0.2) is 0 Å². The van der Waals surface area contributed by atoms with Crippen molar-refractivity contribution in [3.05, 3.63) is 13.8 Å². The second-order valence-corrected chi connectivity index (χ2v) is 4.23. The van der Waals surface area contributed by atoms with E-state index in [1.54, 1.807) is 0 Å². The van der Waals surface area contributed by atoms with Crippen LogP contribution in [0.2, 0.25) is 0 Å². The zero-order chi connectivity index (χ0) is 12.3. The van der Waals surface area contributed by atoms with Crippen molar-refractivity contribution in [3.8, 4) is 0 Å². The Morgan fingerprint density at radius 3 is 1.50 bits per heavy atom. The molecule has 0 fully saturated rings. The van der Waals surface area contributed by atoms with E-state index >= 15 is 0 Å². The minimum absolute atomic E-state index is 0.